The van der Waals surface area contributed by atoms with Gasteiger partial charge in [-0.15, -0.1) is 0 Å². The first-order valence-corrected chi connectivity index (χ1v) is 9.15. The van der Waals surface area contributed by atoms with E-state index < -0.39 is 0 Å². The third kappa shape index (κ3) is 5.74. The Hall–Kier alpha value is -2.60. The van der Waals surface area contributed by atoms with Gasteiger partial charge in [0.05, 0.1) is 4.90 Å². The fraction of sp³-hybridized carbons (Fsp3) is 0.200. The second kappa shape index (κ2) is 10.4. The zero-order valence-electron chi connectivity index (χ0n) is 14.4. The van der Waals surface area contributed by atoms with Crippen LogP contribution in [0.4, 0.5) is 5.69 Å². The van der Waals surface area contributed by atoms with Crippen molar-refractivity contribution < 1.29 is 9.47 Å². The molecule has 0 bridgehead atoms. The zero-order valence-corrected chi connectivity index (χ0v) is 16.0. The average Bonchev–Trinajstić information content (AvgIpc) is 2.65. The lowest BCUT2D eigenvalue weighted by Crippen LogP contribution is -1.90. The molecule has 0 aliphatic carbocycles. The minimum absolute atomic E-state index is 0.323. The summed E-state index contributed by atoms with van der Waals surface area (Å²) < 4.78 is 11.0. The first-order valence-electron chi connectivity index (χ1n) is 7.96. The van der Waals surface area contributed by atoms with Crippen LogP contribution < -0.4 is 9.47 Å². The van der Waals surface area contributed by atoms with Gasteiger partial charge in [-0.05, 0) is 24.3 Å². The minimum atomic E-state index is 0.323. The summed E-state index contributed by atoms with van der Waals surface area (Å²) in [4.78, 5) is 1.75. The van der Waals surface area contributed by atoms with Gasteiger partial charge in [-0.2, -0.15) is 5.11 Å². The Morgan fingerprint density at radius 1 is 1.00 bits per heavy atom. The van der Waals surface area contributed by atoms with Crippen molar-refractivity contribution in [1.82, 2.24) is 0 Å². The summed E-state index contributed by atoms with van der Waals surface area (Å²) in [5.74, 6) is 6.59. The van der Waals surface area contributed by atoms with E-state index in [4.69, 9.17) is 26.6 Å². The molecule has 4 nitrogen and oxygen atoms in total. The number of nitrogens with one attached hydrogen (secondary N) is 1. The van der Waals surface area contributed by atoms with Gasteiger partial charge in [-0.3, -0.25) is 0 Å². The first-order chi connectivity index (χ1) is 12.7. The van der Waals surface area contributed by atoms with E-state index in [1.807, 2.05) is 38.1 Å². The van der Waals surface area contributed by atoms with Crippen LogP contribution in [0.1, 0.15) is 26.7 Å². The van der Waals surface area contributed by atoms with Crippen molar-refractivity contribution >= 4 is 29.1 Å². The molecule has 0 amide bonds. The van der Waals surface area contributed by atoms with Crippen molar-refractivity contribution in [3.05, 3.63) is 41.4 Å². The van der Waals surface area contributed by atoms with Crippen molar-refractivity contribution in [2.24, 2.45) is 5.11 Å². The molecule has 0 aromatic heterocycles. The van der Waals surface area contributed by atoms with E-state index in [2.05, 4.69) is 29.2 Å². The molecular formula is C20H17ClN2O2S. The van der Waals surface area contributed by atoms with Crippen LogP contribution in [-0.2, 0) is 0 Å². The van der Waals surface area contributed by atoms with Crippen LogP contribution in [0.25, 0.3) is 0 Å². The minimum Gasteiger partial charge on any atom is -0.406 e. The van der Waals surface area contributed by atoms with E-state index >= 15 is 0 Å². The van der Waals surface area contributed by atoms with Gasteiger partial charge in [-0.1, -0.05) is 49.1 Å². The summed E-state index contributed by atoms with van der Waals surface area (Å²) in [5.41, 5.74) is 7.70. The van der Waals surface area contributed by atoms with Crippen LogP contribution >= 0.6 is 23.4 Å². The third-order valence-corrected chi connectivity index (χ3v) is 4.31. The van der Waals surface area contributed by atoms with Gasteiger partial charge in [0.2, 0.25) is 0 Å². The van der Waals surface area contributed by atoms with Crippen molar-refractivity contribution in [2.75, 3.05) is 0 Å². The largest absolute Gasteiger partial charge is 0.406 e. The molecule has 26 heavy (non-hydrogen) atoms. The van der Waals surface area contributed by atoms with E-state index in [1.165, 1.54) is 11.8 Å². The Balaban J connectivity index is 2.43. The van der Waals surface area contributed by atoms with Crippen LogP contribution in [0.2, 0.25) is 5.02 Å². The molecule has 0 spiro atoms. The molecule has 0 saturated heterocycles. The number of hydrogen-bond donors (Lipinski definition) is 1. The molecule has 0 atom stereocenters. The maximum atomic E-state index is 7.37. The summed E-state index contributed by atoms with van der Waals surface area (Å²) in [6.45, 7) is 3.87. The highest BCUT2D eigenvalue weighted by molar-refractivity contribution is 7.99. The molecule has 2 aromatic rings. The van der Waals surface area contributed by atoms with Gasteiger partial charge in [0.15, 0.2) is 11.5 Å². The molecule has 6 heteroatoms. The topological polar surface area (TPSA) is 54.7 Å². The first kappa shape index (κ1) is 19.7. The Kier molecular flexibility index (Phi) is 7.89. The molecule has 1 N–H and O–H groups in total. The highest BCUT2D eigenvalue weighted by Gasteiger charge is 2.14. The van der Waals surface area contributed by atoms with Crippen LogP contribution in [0.5, 0.6) is 11.5 Å². The van der Waals surface area contributed by atoms with Crippen molar-refractivity contribution in [2.45, 2.75) is 36.5 Å². The summed E-state index contributed by atoms with van der Waals surface area (Å²) >= 11 is 7.42. The van der Waals surface area contributed by atoms with Crippen molar-refractivity contribution in [3.8, 4) is 35.6 Å². The molecule has 0 radical (unpaired) electrons. The van der Waals surface area contributed by atoms with Gasteiger partial charge >= 0.3 is 0 Å². The number of nitrogens with zero attached hydrogens (tertiary/aromatic N) is 1. The zero-order chi connectivity index (χ0) is 18.8. The van der Waals surface area contributed by atoms with Gasteiger partial charge in [0.1, 0.15) is 17.9 Å². The number of benzene rings is 2. The van der Waals surface area contributed by atoms with Crippen molar-refractivity contribution in [3.63, 3.8) is 0 Å². The quantitative estimate of drug-likeness (QED) is 0.463. The standard InChI is InChI=1S/C20H17ClN2O2S/c1-3-5-11-24-18-14-20(26-16-9-7-15(21)8-10-16)19(13-17(18)23-22)25-12-6-4-2/h7-10,13-14,22H,3-4H2,1-2H3. The van der Waals surface area contributed by atoms with Crippen LogP contribution in [0, 0.1) is 29.6 Å². The van der Waals surface area contributed by atoms with E-state index in [9.17, 15) is 0 Å². The SMILES string of the molecule is CCC#COc1cc(Sc2ccc(Cl)cc2)c(OC#CCC)cc1N=N. The third-order valence-electron chi connectivity index (χ3n) is 3.01. The van der Waals surface area contributed by atoms with Gasteiger partial charge in [-0.25, -0.2) is 5.53 Å². The summed E-state index contributed by atoms with van der Waals surface area (Å²) in [6, 6.07) is 10.8. The van der Waals surface area contributed by atoms with E-state index in [-0.39, 0.29) is 0 Å². The number of halogens is 1. The lowest BCUT2D eigenvalue weighted by Gasteiger charge is -2.10. The Morgan fingerprint density at radius 3 is 2.19 bits per heavy atom. The molecule has 0 aliphatic rings. The molecule has 0 saturated carbocycles. The molecule has 132 valence electrons. The predicted molar refractivity (Wildman–Crippen MR) is 104 cm³/mol. The highest BCUT2D eigenvalue weighted by atomic mass is 35.5. The molecule has 0 aliphatic heterocycles. The summed E-state index contributed by atoms with van der Waals surface area (Å²) in [5, 5.41) is 4.17. The monoisotopic (exact) mass is 384 g/mol. The lowest BCUT2D eigenvalue weighted by molar-refractivity contribution is 0.493. The maximum absolute atomic E-state index is 7.37. The van der Waals surface area contributed by atoms with Crippen LogP contribution in [0.3, 0.4) is 0 Å². The average molecular weight is 385 g/mol. The Morgan fingerprint density at radius 2 is 1.62 bits per heavy atom. The van der Waals surface area contributed by atoms with Gasteiger partial charge in [0, 0.05) is 34.9 Å². The van der Waals surface area contributed by atoms with E-state index in [0.29, 0.717) is 35.1 Å². The number of ether oxygens (including phenoxy) is 2. The fourth-order valence-corrected chi connectivity index (χ4v) is 2.83. The second-order valence-electron chi connectivity index (χ2n) is 4.90. The van der Waals surface area contributed by atoms with Crippen molar-refractivity contribution in [1.29, 1.82) is 5.53 Å². The second-order valence-corrected chi connectivity index (χ2v) is 6.46. The van der Waals surface area contributed by atoms with Crippen LogP contribution in [0.15, 0.2) is 51.3 Å². The normalized spacial score (nSPS) is 9.35. The van der Waals surface area contributed by atoms with Gasteiger partial charge in [0.25, 0.3) is 0 Å². The molecule has 0 unspecified atom stereocenters. The lowest BCUT2D eigenvalue weighted by atomic mass is 10.3. The number of hydrogen-bond acceptors (Lipinski definition) is 5. The Labute approximate surface area is 162 Å². The molecule has 2 aromatic carbocycles. The molecule has 0 heterocycles. The molecular weight excluding hydrogens is 368 g/mol. The van der Waals surface area contributed by atoms with Crippen LogP contribution in [-0.4, -0.2) is 0 Å². The molecule has 2 rings (SSSR count). The predicted octanol–water partition coefficient (Wildman–Crippen LogP) is 6.65. The smallest absolute Gasteiger partial charge is 0.169 e. The van der Waals surface area contributed by atoms with E-state index in [0.717, 1.165) is 9.79 Å². The Bertz CT molecular complexity index is 890. The number of rotatable bonds is 5. The highest BCUT2D eigenvalue weighted by Crippen LogP contribution is 2.42. The molecule has 0 fully saturated rings. The maximum Gasteiger partial charge on any atom is 0.169 e. The summed E-state index contributed by atoms with van der Waals surface area (Å²) in [7, 11) is 0. The fourth-order valence-electron chi connectivity index (χ4n) is 1.82. The van der Waals surface area contributed by atoms with Gasteiger partial charge < -0.3 is 9.47 Å². The van der Waals surface area contributed by atoms with E-state index in [1.54, 1.807) is 12.1 Å². The summed E-state index contributed by atoms with van der Waals surface area (Å²) in [6.07, 6.45) is 6.62.